The first-order chi connectivity index (χ1) is 21.3. The molecule has 0 spiro atoms. The molecule has 11 nitrogen and oxygen atoms in total. The zero-order valence-corrected chi connectivity index (χ0v) is 27.1. The fourth-order valence-electron chi connectivity index (χ4n) is 5.95. The highest BCUT2D eigenvalue weighted by atomic mass is 16.6. The molecule has 0 bridgehead atoms. The summed E-state index contributed by atoms with van der Waals surface area (Å²) in [4.78, 5) is 21.8. The van der Waals surface area contributed by atoms with Crippen LogP contribution in [0.5, 0.6) is 11.6 Å². The van der Waals surface area contributed by atoms with Gasteiger partial charge in [0, 0.05) is 41.2 Å². The van der Waals surface area contributed by atoms with Gasteiger partial charge in [-0.05, 0) is 95.7 Å². The Morgan fingerprint density at radius 1 is 1.18 bits per heavy atom. The maximum Gasteiger partial charge on any atom is 0.407 e. The number of fused-ring (bicyclic) bond motifs is 1. The molecule has 1 aliphatic carbocycles. The number of ether oxygens (including phenoxy) is 2. The van der Waals surface area contributed by atoms with Crippen molar-refractivity contribution in [3.05, 3.63) is 65.1 Å². The van der Waals surface area contributed by atoms with Crippen molar-refractivity contribution < 1.29 is 19.4 Å². The fourth-order valence-corrected chi connectivity index (χ4v) is 5.95. The Balaban J connectivity index is 1.54. The van der Waals surface area contributed by atoms with Crippen LogP contribution in [-0.4, -0.2) is 56.4 Å². The third kappa shape index (κ3) is 7.13. The normalized spacial score (nSPS) is 17.0. The topological polar surface area (TPSA) is 148 Å². The van der Waals surface area contributed by atoms with Gasteiger partial charge in [0.25, 0.3) is 0 Å². The number of nitrogens with one attached hydrogen (secondary N) is 2. The van der Waals surface area contributed by atoms with Gasteiger partial charge in [0.1, 0.15) is 17.2 Å². The molecule has 4 aromatic rings. The molecular formula is C34H43N7O4. The molecule has 5 N–H and O–H groups in total. The molecule has 0 radical (unpaired) electrons. The van der Waals surface area contributed by atoms with E-state index in [1.807, 2.05) is 58.3 Å². The van der Waals surface area contributed by atoms with Gasteiger partial charge in [-0.1, -0.05) is 6.92 Å². The zero-order valence-electron chi connectivity index (χ0n) is 27.1. The highest BCUT2D eigenvalue weighted by Crippen LogP contribution is 2.35. The van der Waals surface area contributed by atoms with E-state index >= 15 is 0 Å². The van der Waals surface area contributed by atoms with Crippen LogP contribution in [0.2, 0.25) is 0 Å². The molecule has 11 heteroatoms. The third-order valence-electron chi connectivity index (χ3n) is 7.97. The van der Waals surface area contributed by atoms with Crippen LogP contribution >= 0.6 is 0 Å². The molecule has 2 atom stereocenters. The van der Waals surface area contributed by atoms with Crippen LogP contribution in [0.1, 0.15) is 69.3 Å². The Kier molecular flexibility index (Phi) is 8.90. The number of anilines is 1. The molecule has 0 saturated heterocycles. The van der Waals surface area contributed by atoms with Gasteiger partial charge in [-0.15, -0.1) is 0 Å². The number of rotatable bonds is 8. The first kappa shape index (κ1) is 31.6. The second-order valence-corrected chi connectivity index (χ2v) is 12.6. The molecule has 3 aromatic heterocycles. The van der Waals surface area contributed by atoms with E-state index in [9.17, 15) is 9.90 Å². The van der Waals surface area contributed by atoms with Crippen LogP contribution in [0.4, 0.5) is 16.2 Å². The zero-order chi connectivity index (χ0) is 32.5. The van der Waals surface area contributed by atoms with Crippen LogP contribution in [0.15, 0.2) is 47.7 Å². The number of alkyl carbamates (subject to hydrolysis) is 1. The molecular weight excluding hydrogens is 570 g/mol. The summed E-state index contributed by atoms with van der Waals surface area (Å²) in [5.41, 5.74) is 13.9. The molecule has 1 aromatic carbocycles. The number of aliphatic imine (C=N–C) groups is 1. The number of hydrogen-bond acceptors (Lipinski definition) is 8. The highest BCUT2D eigenvalue weighted by molar-refractivity contribution is 6.06. The minimum atomic E-state index is -0.563. The van der Waals surface area contributed by atoms with Crippen LogP contribution in [0.25, 0.3) is 16.6 Å². The maximum absolute atomic E-state index is 12.5. The number of phenolic OH excluding ortho intramolecular Hbond substituents is 1. The lowest BCUT2D eigenvalue weighted by molar-refractivity contribution is 0.0505. The number of nitrogens with two attached hydrogens (primary N) is 1. The fraction of sp³-hybridized carbons (Fsp3) is 0.412. The average Bonchev–Trinajstić information content (AvgIpc) is 3.59. The molecule has 238 valence electrons. The van der Waals surface area contributed by atoms with Crippen molar-refractivity contribution in [3.8, 4) is 22.8 Å². The molecule has 1 saturated carbocycles. The average molecular weight is 614 g/mol. The van der Waals surface area contributed by atoms with Gasteiger partial charge in [-0.2, -0.15) is 5.10 Å². The summed E-state index contributed by atoms with van der Waals surface area (Å²) in [5, 5.41) is 21.5. The Morgan fingerprint density at radius 3 is 2.62 bits per heavy atom. The number of methoxy groups -OCH3 is 1. The first-order valence-corrected chi connectivity index (χ1v) is 15.3. The van der Waals surface area contributed by atoms with Crippen LogP contribution in [0, 0.1) is 13.8 Å². The minimum absolute atomic E-state index is 0.0215. The second-order valence-electron chi connectivity index (χ2n) is 12.6. The Bertz CT molecular complexity index is 1730. The molecule has 3 heterocycles. The van der Waals surface area contributed by atoms with Crippen LogP contribution in [-0.2, 0) is 11.2 Å². The van der Waals surface area contributed by atoms with Crippen molar-refractivity contribution in [1.29, 1.82) is 0 Å². The first-order valence-electron chi connectivity index (χ1n) is 15.3. The van der Waals surface area contributed by atoms with Crippen molar-refractivity contribution in [1.82, 2.24) is 19.9 Å². The number of aryl methyl sites for hydroxylation is 3. The van der Waals surface area contributed by atoms with Crippen LogP contribution in [0.3, 0.4) is 0 Å². The number of benzene rings is 1. The Labute approximate surface area is 263 Å². The largest absolute Gasteiger partial charge is 0.508 e. The highest BCUT2D eigenvalue weighted by Gasteiger charge is 2.29. The summed E-state index contributed by atoms with van der Waals surface area (Å²) >= 11 is 0. The van der Waals surface area contributed by atoms with Crippen molar-refractivity contribution in [2.45, 2.75) is 84.9 Å². The van der Waals surface area contributed by atoms with Crippen molar-refractivity contribution in [2.24, 2.45) is 10.7 Å². The summed E-state index contributed by atoms with van der Waals surface area (Å²) in [6.07, 6.45) is 6.36. The summed E-state index contributed by atoms with van der Waals surface area (Å²) in [6.45, 7) is 11.6. The molecule has 5 rings (SSSR count). The Morgan fingerprint density at radius 2 is 1.93 bits per heavy atom. The summed E-state index contributed by atoms with van der Waals surface area (Å²) in [5.74, 6) is 1.06. The number of aromatic nitrogens is 3. The molecule has 45 heavy (non-hydrogen) atoms. The standard InChI is InChI=1S/C34H43N7O4/c1-8-21-14-25(42)11-12-27(21)40-32(35)26-17-36-41-18-22(30-19(2)13-29(44-7)37-20(30)3)15-28(41)31(26)38-23-9-10-24(16-23)39-33(43)45-34(4,5)6/h11-15,17-18,23-24,38,42H,8-10,16H2,1-7H3,(H2,35,40)(H,39,43)/t23-,24+/m1/s1. The quantitative estimate of drug-likeness (QED) is 0.136. The number of amidine groups is 1. The number of pyridine rings is 1. The van der Waals surface area contributed by atoms with Gasteiger partial charge >= 0.3 is 6.09 Å². The lowest BCUT2D eigenvalue weighted by Crippen LogP contribution is -2.38. The SMILES string of the molecule is CCc1cc(O)ccc1/N=C(\N)c1cnn2cc(-c3c(C)cc(OC)nc3C)cc2c1N[C@@H]1CC[C@H](NC(=O)OC(C)(C)C)C1. The number of phenols is 1. The van der Waals surface area contributed by atoms with Crippen molar-refractivity contribution in [3.63, 3.8) is 0 Å². The van der Waals surface area contributed by atoms with E-state index in [1.54, 1.807) is 31.5 Å². The number of nitrogens with zero attached hydrogens (tertiary/aromatic N) is 4. The summed E-state index contributed by atoms with van der Waals surface area (Å²) in [6, 6.07) is 9.12. The molecule has 0 aliphatic heterocycles. The number of amides is 1. The lowest BCUT2D eigenvalue weighted by atomic mass is 10.0. The monoisotopic (exact) mass is 613 g/mol. The molecule has 0 unspecified atom stereocenters. The predicted octanol–water partition coefficient (Wildman–Crippen LogP) is 6.18. The summed E-state index contributed by atoms with van der Waals surface area (Å²) < 4.78 is 12.7. The van der Waals surface area contributed by atoms with Gasteiger partial charge < -0.3 is 30.9 Å². The van der Waals surface area contributed by atoms with E-state index in [0.29, 0.717) is 29.4 Å². The number of aromatic hydroxyl groups is 1. The van der Waals surface area contributed by atoms with Gasteiger partial charge in [0.2, 0.25) is 5.88 Å². The van der Waals surface area contributed by atoms with E-state index in [1.165, 1.54) is 0 Å². The smallest absolute Gasteiger partial charge is 0.407 e. The van der Waals surface area contributed by atoms with Crippen molar-refractivity contribution >= 4 is 28.8 Å². The maximum atomic E-state index is 12.5. The number of carbonyl (C=O) groups excluding carboxylic acids is 1. The van der Waals surface area contributed by atoms with E-state index in [2.05, 4.69) is 21.7 Å². The molecule has 1 aliphatic rings. The number of hydrogen-bond donors (Lipinski definition) is 4. The number of carbonyl (C=O) groups is 1. The van der Waals surface area contributed by atoms with E-state index in [-0.39, 0.29) is 17.8 Å². The van der Waals surface area contributed by atoms with E-state index < -0.39 is 11.7 Å². The van der Waals surface area contributed by atoms with Gasteiger partial charge in [0.15, 0.2) is 0 Å². The Hall–Kier alpha value is -4.80. The molecule has 1 amide bonds. The second kappa shape index (κ2) is 12.7. The third-order valence-corrected chi connectivity index (χ3v) is 7.97. The van der Waals surface area contributed by atoms with Crippen molar-refractivity contribution in [2.75, 3.05) is 12.4 Å². The van der Waals surface area contributed by atoms with E-state index in [4.69, 9.17) is 25.3 Å². The minimum Gasteiger partial charge on any atom is -0.508 e. The summed E-state index contributed by atoms with van der Waals surface area (Å²) in [7, 11) is 1.61. The molecule has 1 fully saturated rings. The van der Waals surface area contributed by atoms with Crippen LogP contribution < -0.4 is 21.1 Å². The van der Waals surface area contributed by atoms with Gasteiger partial charge in [0.05, 0.1) is 35.8 Å². The lowest BCUT2D eigenvalue weighted by Gasteiger charge is -2.22. The van der Waals surface area contributed by atoms with E-state index in [0.717, 1.165) is 58.4 Å². The van der Waals surface area contributed by atoms with Gasteiger partial charge in [-0.3, -0.25) is 0 Å². The predicted molar refractivity (Wildman–Crippen MR) is 177 cm³/mol. The van der Waals surface area contributed by atoms with Gasteiger partial charge in [-0.25, -0.2) is 19.3 Å².